The normalized spacial score (nSPS) is 11.4. The topological polar surface area (TPSA) is 103 Å². The first-order valence-corrected chi connectivity index (χ1v) is 8.80. The molecule has 9 heteroatoms. The molecule has 0 fully saturated rings. The molecule has 2 rings (SSSR count). The number of hydrogen-bond donors (Lipinski definition) is 2. The first-order chi connectivity index (χ1) is 10.7. The van der Waals surface area contributed by atoms with Crippen LogP contribution in [-0.2, 0) is 23.6 Å². The Morgan fingerprint density at radius 3 is 2.65 bits per heavy atom. The highest BCUT2D eigenvalue weighted by atomic mass is 79.9. The average Bonchev–Trinajstić information content (AvgIpc) is 2.88. The second-order valence-electron chi connectivity index (χ2n) is 4.82. The van der Waals surface area contributed by atoms with Crippen molar-refractivity contribution >= 4 is 31.9 Å². The molecule has 124 valence electrons. The lowest BCUT2D eigenvalue weighted by Crippen LogP contribution is -2.23. The number of benzene rings is 1. The maximum Gasteiger partial charge on any atom is 0.265 e. The summed E-state index contributed by atoms with van der Waals surface area (Å²) in [4.78, 5) is 11.2. The number of nitrogens with two attached hydrogens (primary N) is 1. The third-order valence-electron chi connectivity index (χ3n) is 3.24. The van der Waals surface area contributed by atoms with Gasteiger partial charge < -0.3 is 15.0 Å². The molecule has 0 saturated carbocycles. The lowest BCUT2D eigenvalue weighted by atomic mass is 10.2. The minimum atomic E-state index is -3.78. The summed E-state index contributed by atoms with van der Waals surface area (Å²) < 4.78 is 34.6. The fourth-order valence-corrected chi connectivity index (χ4v) is 3.55. The van der Waals surface area contributed by atoms with E-state index in [0.29, 0.717) is 11.3 Å². The zero-order valence-electron chi connectivity index (χ0n) is 12.5. The Bertz CT molecular complexity index is 846. The highest BCUT2D eigenvalue weighted by molar-refractivity contribution is 9.10. The first-order valence-electron chi connectivity index (χ1n) is 6.53. The van der Waals surface area contributed by atoms with Crippen LogP contribution in [0, 0.1) is 0 Å². The molecule has 0 bridgehead atoms. The molecule has 1 aromatic carbocycles. The first kappa shape index (κ1) is 17.5. The third-order valence-corrected chi connectivity index (χ3v) is 5.10. The van der Waals surface area contributed by atoms with Gasteiger partial charge in [-0.15, -0.1) is 0 Å². The number of amides is 1. The molecular formula is C14H16BrN3O4S. The van der Waals surface area contributed by atoms with Crippen molar-refractivity contribution in [2.45, 2.75) is 11.4 Å². The minimum absolute atomic E-state index is 0.0252. The van der Waals surface area contributed by atoms with Crippen molar-refractivity contribution in [1.29, 1.82) is 0 Å². The predicted molar refractivity (Wildman–Crippen MR) is 88.7 cm³/mol. The van der Waals surface area contributed by atoms with E-state index in [4.69, 9.17) is 10.5 Å². The molecule has 7 nitrogen and oxygen atoms in total. The molecule has 23 heavy (non-hydrogen) atoms. The van der Waals surface area contributed by atoms with E-state index in [-0.39, 0.29) is 17.1 Å². The smallest absolute Gasteiger partial charge is 0.265 e. The Hall–Kier alpha value is -1.84. The summed E-state index contributed by atoms with van der Waals surface area (Å²) in [6, 6.07) is 6.54. The summed E-state index contributed by atoms with van der Waals surface area (Å²) in [7, 11) is -0.717. The molecule has 0 spiro atoms. The molecule has 0 aliphatic heterocycles. The standard InChI is InChI=1S/C14H16BrN3O4S/c1-18-8-11(6-12(18)14(16)19)23(20,21)17-7-9-5-10(15)3-4-13(9)22-2/h3-6,8,17H,7H2,1-2H3,(H2,16,19). The van der Waals surface area contributed by atoms with E-state index < -0.39 is 15.9 Å². The quantitative estimate of drug-likeness (QED) is 0.762. The lowest BCUT2D eigenvalue weighted by Gasteiger charge is -2.10. The van der Waals surface area contributed by atoms with E-state index in [1.807, 2.05) is 0 Å². The Kier molecular flexibility index (Phi) is 5.12. The molecule has 0 atom stereocenters. The Labute approximate surface area is 142 Å². The maximum absolute atomic E-state index is 12.3. The molecule has 1 aromatic heterocycles. The van der Waals surface area contributed by atoms with Crippen molar-refractivity contribution in [3.8, 4) is 5.75 Å². The zero-order chi connectivity index (χ0) is 17.2. The van der Waals surface area contributed by atoms with Crippen LogP contribution in [0.25, 0.3) is 0 Å². The summed E-state index contributed by atoms with van der Waals surface area (Å²) >= 11 is 3.33. The Morgan fingerprint density at radius 1 is 1.39 bits per heavy atom. The number of nitrogens with zero attached hydrogens (tertiary/aromatic N) is 1. The van der Waals surface area contributed by atoms with Gasteiger partial charge in [0, 0.05) is 29.8 Å². The Morgan fingerprint density at radius 2 is 2.09 bits per heavy atom. The monoisotopic (exact) mass is 401 g/mol. The Balaban J connectivity index is 2.24. The van der Waals surface area contributed by atoms with Gasteiger partial charge in [-0.1, -0.05) is 15.9 Å². The molecule has 1 heterocycles. The molecule has 1 amide bonds. The van der Waals surface area contributed by atoms with E-state index in [1.165, 1.54) is 23.9 Å². The highest BCUT2D eigenvalue weighted by Crippen LogP contribution is 2.23. The number of hydrogen-bond acceptors (Lipinski definition) is 4. The molecule has 0 saturated heterocycles. The maximum atomic E-state index is 12.3. The number of carbonyl (C=O) groups excluding carboxylic acids is 1. The van der Waals surface area contributed by atoms with Crippen molar-refractivity contribution in [3.63, 3.8) is 0 Å². The molecule has 2 aromatic rings. The number of aryl methyl sites for hydroxylation is 1. The van der Waals surface area contributed by atoms with E-state index in [2.05, 4.69) is 20.7 Å². The number of carbonyl (C=O) groups is 1. The molecule has 0 aliphatic carbocycles. The molecule has 3 N–H and O–H groups in total. The van der Waals surface area contributed by atoms with Crippen molar-refractivity contribution in [2.24, 2.45) is 12.8 Å². The van der Waals surface area contributed by atoms with Crippen LogP contribution in [-0.4, -0.2) is 26.0 Å². The van der Waals surface area contributed by atoms with Crippen LogP contribution in [0.3, 0.4) is 0 Å². The SMILES string of the molecule is COc1ccc(Br)cc1CNS(=O)(=O)c1cc(C(N)=O)n(C)c1. The van der Waals surface area contributed by atoms with Crippen LogP contribution in [0.15, 0.2) is 39.8 Å². The fourth-order valence-electron chi connectivity index (χ4n) is 2.07. The fraction of sp³-hybridized carbons (Fsp3) is 0.214. The van der Waals surface area contributed by atoms with Crippen LogP contribution in [0.5, 0.6) is 5.75 Å². The number of aromatic nitrogens is 1. The van der Waals surface area contributed by atoms with Crippen molar-refractivity contribution in [3.05, 3.63) is 46.2 Å². The van der Waals surface area contributed by atoms with Gasteiger partial charge in [0.1, 0.15) is 16.3 Å². The summed E-state index contributed by atoms with van der Waals surface area (Å²) in [5.41, 5.74) is 5.99. The van der Waals surface area contributed by atoms with Gasteiger partial charge in [0.15, 0.2) is 0 Å². The van der Waals surface area contributed by atoms with Crippen LogP contribution in [0.4, 0.5) is 0 Å². The van der Waals surface area contributed by atoms with Crippen LogP contribution in [0.1, 0.15) is 16.1 Å². The molecule has 0 aliphatic rings. The van der Waals surface area contributed by atoms with Gasteiger partial charge in [-0.05, 0) is 24.3 Å². The number of methoxy groups -OCH3 is 1. The van der Waals surface area contributed by atoms with Crippen LogP contribution >= 0.6 is 15.9 Å². The van der Waals surface area contributed by atoms with Crippen LogP contribution < -0.4 is 15.2 Å². The lowest BCUT2D eigenvalue weighted by molar-refractivity contribution is 0.0992. The summed E-state index contributed by atoms with van der Waals surface area (Å²) in [5, 5.41) is 0. The molecule has 0 radical (unpaired) electrons. The molecule has 0 unspecified atom stereocenters. The second-order valence-corrected chi connectivity index (χ2v) is 7.50. The second kappa shape index (κ2) is 6.73. The number of sulfonamides is 1. The zero-order valence-corrected chi connectivity index (χ0v) is 14.9. The van der Waals surface area contributed by atoms with E-state index in [9.17, 15) is 13.2 Å². The number of ether oxygens (including phenoxy) is 1. The number of rotatable bonds is 6. The summed E-state index contributed by atoms with van der Waals surface area (Å²) in [5.74, 6) is -0.121. The van der Waals surface area contributed by atoms with E-state index in [0.717, 1.165) is 4.47 Å². The van der Waals surface area contributed by atoms with Gasteiger partial charge in [-0.2, -0.15) is 0 Å². The number of primary amides is 1. The minimum Gasteiger partial charge on any atom is -0.496 e. The summed E-state index contributed by atoms with van der Waals surface area (Å²) in [6.45, 7) is 0.0474. The van der Waals surface area contributed by atoms with Gasteiger partial charge in [0.2, 0.25) is 10.0 Å². The van der Waals surface area contributed by atoms with Gasteiger partial charge in [-0.25, -0.2) is 13.1 Å². The van der Waals surface area contributed by atoms with Gasteiger partial charge in [0.25, 0.3) is 5.91 Å². The molecular weight excluding hydrogens is 386 g/mol. The average molecular weight is 402 g/mol. The predicted octanol–water partition coefficient (Wildman–Crippen LogP) is 1.37. The highest BCUT2D eigenvalue weighted by Gasteiger charge is 2.20. The summed E-state index contributed by atoms with van der Waals surface area (Å²) in [6.07, 6.45) is 1.33. The van der Waals surface area contributed by atoms with Crippen molar-refractivity contribution in [2.75, 3.05) is 7.11 Å². The third kappa shape index (κ3) is 3.92. The number of nitrogens with one attached hydrogen (secondary N) is 1. The van der Waals surface area contributed by atoms with E-state index >= 15 is 0 Å². The van der Waals surface area contributed by atoms with Crippen molar-refractivity contribution in [1.82, 2.24) is 9.29 Å². The van der Waals surface area contributed by atoms with Gasteiger partial charge in [0.05, 0.1) is 7.11 Å². The largest absolute Gasteiger partial charge is 0.496 e. The van der Waals surface area contributed by atoms with Gasteiger partial charge >= 0.3 is 0 Å². The van der Waals surface area contributed by atoms with E-state index in [1.54, 1.807) is 25.2 Å². The number of halogens is 1. The van der Waals surface area contributed by atoms with Crippen LogP contribution in [0.2, 0.25) is 0 Å². The van der Waals surface area contributed by atoms with Gasteiger partial charge in [-0.3, -0.25) is 4.79 Å². The van der Waals surface area contributed by atoms with Crippen molar-refractivity contribution < 1.29 is 17.9 Å².